The van der Waals surface area contributed by atoms with Crippen LogP contribution < -0.4 is 10.6 Å². The average molecular weight is 466 g/mol. The van der Waals surface area contributed by atoms with E-state index in [2.05, 4.69) is 16.7 Å². The molecule has 0 saturated carbocycles. The molecule has 0 radical (unpaired) electrons. The number of nitriles is 1. The van der Waals surface area contributed by atoms with Gasteiger partial charge in [0.05, 0.1) is 28.3 Å². The number of Topliss-reactive ketones (excluding diaryl/α,β-unsaturated/α-hetero) is 1. The van der Waals surface area contributed by atoms with E-state index in [9.17, 15) is 14.9 Å². The minimum atomic E-state index is -0.512. The molecule has 2 aromatic carbocycles. The molecule has 0 aromatic heterocycles. The molecule has 2 N–H and O–H groups in total. The Morgan fingerprint density at radius 1 is 1.19 bits per heavy atom. The van der Waals surface area contributed by atoms with E-state index in [1.165, 1.54) is 18.7 Å². The maximum atomic E-state index is 12.6. The molecule has 1 aliphatic rings. The lowest BCUT2D eigenvalue weighted by Gasteiger charge is -2.29. The number of allylic oxidation sites excluding steroid dienone is 3. The number of halogens is 1. The highest BCUT2D eigenvalue weighted by Crippen LogP contribution is 2.41. The number of thioether (sulfide) groups is 1. The quantitative estimate of drug-likeness (QED) is 0.559. The lowest BCUT2D eigenvalue weighted by molar-refractivity contribution is -0.114. The van der Waals surface area contributed by atoms with Gasteiger partial charge in [-0.2, -0.15) is 5.26 Å². The third kappa shape index (κ3) is 5.24. The molecule has 1 atom stereocenters. The summed E-state index contributed by atoms with van der Waals surface area (Å²) in [5, 5.41) is 17.3. The SMILES string of the molecule is CCc1ccccc1NC(=O)CSC1=C(C#N)C(c2ccc(Cl)cc2)C(C(C)=O)=C(C)N1. The van der Waals surface area contributed by atoms with Crippen LogP contribution in [0.5, 0.6) is 0 Å². The van der Waals surface area contributed by atoms with Gasteiger partial charge in [0, 0.05) is 22.0 Å². The summed E-state index contributed by atoms with van der Waals surface area (Å²) in [6.45, 7) is 5.34. The molecule has 0 spiro atoms. The van der Waals surface area contributed by atoms with Crippen molar-refractivity contribution in [2.75, 3.05) is 11.1 Å². The van der Waals surface area contributed by atoms with Gasteiger partial charge in [-0.05, 0) is 49.6 Å². The van der Waals surface area contributed by atoms with E-state index >= 15 is 0 Å². The molecule has 1 aliphatic heterocycles. The second-order valence-corrected chi connectivity index (χ2v) is 8.83. The fourth-order valence-electron chi connectivity index (χ4n) is 3.76. The zero-order valence-electron chi connectivity index (χ0n) is 18.2. The monoisotopic (exact) mass is 465 g/mol. The van der Waals surface area contributed by atoms with Gasteiger partial charge in [-0.15, -0.1) is 0 Å². The Labute approximate surface area is 197 Å². The third-order valence-electron chi connectivity index (χ3n) is 5.25. The Kier molecular flexibility index (Phi) is 7.79. The fraction of sp³-hybridized carbons (Fsp3) is 0.240. The number of ketones is 1. The van der Waals surface area contributed by atoms with Gasteiger partial charge in [0.1, 0.15) is 0 Å². The van der Waals surface area contributed by atoms with Crippen molar-refractivity contribution in [2.45, 2.75) is 33.1 Å². The van der Waals surface area contributed by atoms with Gasteiger partial charge in [0.15, 0.2) is 5.78 Å². The average Bonchev–Trinajstić information content (AvgIpc) is 2.77. The van der Waals surface area contributed by atoms with E-state index in [1.807, 2.05) is 50.2 Å². The highest BCUT2D eigenvalue weighted by molar-refractivity contribution is 8.03. The fourth-order valence-corrected chi connectivity index (χ4v) is 4.77. The molecular formula is C25H24ClN3O2S. The molecule has 1 heterocycles. The van der Waals surface area contributed by atoms with E-state index in [-0.39, 0.29) is 17.4 Å². The van der Waals surface area contributed by atoms with E-state index in [0.717, 1.165) is 23.2 Å². The van der Waals surface area contributed by atoms with Crippen LogP contribution in [0.25, 0.3) is 0 Å². The molecule has 7 heteroatoms. The van der Waals surface area contributed by atoms with Gasteiger partial charge in [0.25, 0.3) is 0 Å². The second kappa shape index (κ2) is 10.5. The molecule has 1 unspecified atom stereocenters. The smallest absolute Gasteiger partial charge is 0.234 e. The highest BCUT2D eigenvalue weighted by atomic mass is 35.5. The number of hydrogen-bond acceptors (Lipinski definition) is 5. The molecule has 0 aliphatic carbocycles. The number of nitrogens with one attached hydrogen (secondary N) is 2. The summed E-state index contributed by atoms with van der Waals surface area (Å²) in [4.78, 5) is 25.0. The van der Waals surface area contributed by atoms with Crippen molar-refractivity contribution < 1.29 is 9.59 Å². The van der Waals surface area contributed by atoms with E-state index in [0.29, 0.717) is 26.9 Å². The van der Waals surface area contributed by atoms with Gasteiger partial charge < -0.3 is 10.6 Å². The first-order valence-corrected chi connectivity index (χ1v) is 11.6. The molecule has 164 valence electrons. The normalized spacial score (nSPS) is 15.8. The van der Waals surface area contributed by atoms with Gasteiger partial charge in [-0.25, -0.2) is 0 Å². The lowest BCUT2D eigenvalue weighted by Crippen LogP contribution is -2.27. The third-order valence-corrected chi connectivity index (χ3v) is 6.52. The number of dihydropyridines is 1. The van der Waals surface area contributed by atoms with Gasteiger partial charge >= 0.3 is 0 Å². The Bertz CT molecular complexity index is 1150. The molecule has 2 aromatic rings. The number of nitrogens with zero attached hydrogens (tertiary/aromatic N) is 1. The van der Waals surface area contributed by atoms with Crippen LogP contribution in [-0.2, 0) is 16.0 Å². The van der Waals surface area contributed by atoms with Crippen molar-refractivity contribution in [3.8, 4) is 6.07 Å². The van der Waals surface area contributed by atoms with Crippen LogP contribution in [-0.4, -0.2) is 17.4 Å². The van der Waals surface area contributed by atoms with Crippen molar-refractivity contribution in [3.05, 3.63) is 86.6 Å². The number of aryl methyl sites for hydroxylation is 1. The molecule has 0 fully saturated rings. The minimum absolute atomic E-state index is 0.110. The molecule has 5 nitrogen and oxygen atoms in total. The molecule has 3 rings (SSSR count). The van der Waals surface area contributed by atoms with Crippen LogP contribution >= 0.6 is 23.4 Å². The topological polar surface area (TPSA) is 82.0 Å². The Morgan fingerprint density at radius 3 is 2.50 bits per heavy atom. The first-order valence-electron chi connectivity index (χ1n) is 10.2. The predicted octanol–water partition coefficient (Wildman–Crippen LogP) is 5.56. The van der Waals surface area contributed by atoms with E-state index in [4.69, 9.17) is 11.6 Å². The zero-order valence-corrected chi connectivity index (χ0v) is 19.7. The van der Waals surface area contributed by atoms with Crippen molar-refractivity contribution in [1.82, 2.24) is 5.32 Å². The standard InChI is InChI=1S/C25H24ClN3O2S/c1-4-17-7-5-6-8-21(17)29-22(31)14-32-25-20(13-27)24(18-9-11-19(26)12-10-18)23(16(3)30)15(2)28-25/h5-12,24,28H,4,14H2,1-3H3,(H,29,31). The zero-order chi connectivity index (χ0) is 23.3. The maximum absolute atomic E-state index is 12.6. The number of para-hydroxylation sites is 1. The Morgan fingerprint density at radius 2 is 1.88 bits per heavy atom. The Balaban J connectivity index is 1.87. The summed E-state index contributed by atoms with van der Waals surface area (Å²) in [6.07, 6.45) is 0.815. The molecule has 0 saturated heterocycles. The van der Waals surface area contributed by atoms with Crippen LogP contribution in [0.3, 0.4) is 0 Å². The first-order chi connectivity index (χ1) is 15.3. The number of carbonyl (C=O) groups excluding carboxylic acids is 2. The van der Waals surface area contributed by atoms with Gasteiger partial charge in [0.2, 0.25) is 5.91 Å². The summed E-state index contributed by atoms with van der Waals surface area (Å²) in [5.41, 5.74) is 4.28. The van der Waals surface area contributed by atoms with Crippen molar-refractivity contribution in [1.29, 1.82) is 5.26 Å². The summed E-state index contributed by atoms with van der Waals surface area (Å²) < 4.78 is 0. The van der Waals surface area contributed by atoms with Crippen molar-refractivity contribution in [3.63, 3.8) is 0 Å². The molecular weight excluding hydrogens is 442 g/mol. The van der Waals surface area contributed by atoms with Crippen LogP contribution in [0, 0.1) is 11.3 Å². The van der Waals surface area contributed by atoms with Crippen LogP contribution in [0.4, 0.5) is 5.69 Å². The number of carbonyl (C=O) groups is 2. The number of hydrogen-bond donors (Lipinski definition) is 2. The van der Waals surface area contributed by atoms with Crippen molar-refractivity contribution >= 4 is 40.7 Å². The van der Waals surface area contributed by atoms with Crippen LogP contribution in [0.2, 0.25) is 5.02 Å². The number of amides is 1. The van der Waals surface area contributed by atoms with Crippen molar-refractivity contribution in [2.24, 2.45) is 0 Å². The summed E-state index contributed by atoms with van der Waals surface area (Å²) in [5.74, 6) is -0.658. The van der Waals surface area contributed by atoms with E-state index < -0.39 is 5.92 Å². The van der Waals surface area contributed by atoms with Crippen LogP contribution in [0.15, 0.2) is 70.4 Å². The summed E-state index contributed by atoms with van der Waals surface area (Å²) in [7, 11) is 0. The first kappa shape index (κ1) is 23.6. The molecule has 1 amide bonds. The summed E-state index contributed by atoms with van der Waals surface area (Å²) in [6, 6.07) is 17.1. The van der Waals surface area contributed by atoms with Crippen LogP contribution in [0.1, 0.15) is 37.8 Å². The number of anilines is 1. The largest absolute Gasteiger partial charge is 0.353 e. The Hall–Kier alpha value is -3.01. The highest BCUT2D eigenvalue weighted by Gasteiger charge is 2.33. The summed E-state index contributed by atoms with van der Waals surface area (Å²) >= 11 is 7.29. The lowest BCUT2D eigenvalue weighted by atomic mass is 9.81. The van der Waals surface area contributed by atoms with Gasteiger partial charge in [-0.1, -0.05) is 60.6 Å². The van der Waals surface area contributed by atoms with Gasteiger partial charge in [-0.3, -0.25) is 9.59 Å². The molecule has 32 heavy (non-hydrogen) atoms. The number of rotatable bonds is 7. The molecule has 0 bridgehead atoms. The number of benzene rings is 2. The minimum Gasteiger partial charge on any atom is -0.353 e. The predicted molar refractivity (Wildman–Crippen MR) is 130 cm³/mol. The maximum Gasteiger partial charge on any atom is 0.234 e. The second-order valence-electron chi connectivity index (χ2n) is 7.41. The van der Waals surface area contributed by atoms with E-state index in [1.54, 1.807) is 12.1 Å².